The largest absolute Gasteiger partial charge is 0.437 e. The first kappa shape index (κ1) is 24.2. The fourth-order valence-electron chi connectivity index (χ4n) is 4.74. The number of benzene rings is 1. The Balaban J connectivity index is 1.54. The number of aryl methyl sites for hydroxylation is 1. The van der Waals surface area contributed by atoms with Gasteiger partial charge in [-0.15, -0.1) is 0 Å². The number of pyridine rings is 1. The summed E-state index contributed by atoms with van der Waals surface area (Å²) in [7, 11) is 1.62. The van der Waals surface area contributed by atoms with E-state index in [-0.39, 0.29) is 12.5 Å². The van der Waals surface area contributed by atoms with Crippen LogP contribution in [0, 0.1) is 5.92 Å². The number of carbonyl (C=O) groups is 1. The molecule has 2 saturated carbocycles. The van der Waals surface area contributed by atoms with Crippen LogP contribution in [0.5, 0.6) is 0 Å². The van der Waals surface area contributed by atoms with Crippen LogP contribution >= 0.6 is 0 Å². The molecule has 2 N–H and O–H groups in total. The van der Waals surface area contributed by atoms with Crippen LogP contribution in [0.15, 0.2) is 34.7 Å². The van der Waals surface area contributed by atoms with Crippen molar-refractivity contribution in [1.82, 2.24) is 14.6 Å². The van der Waals surface area contributed by atoms with E-state index < -0.39 is 11.3 Å². The van der Waals surface area contributed by atoms with Gasteiger partial charge < -0.3 is 9.73 Å². The third kappa shape index (κ3) is 5.34. The first-order valence-corrected chi connectivity index (χ1v) is 13.7. The molecule has 0 spiro atoms. The Kier molecular flexibility index (Phi) is 7.05. The lowest BCUT2D eigenvalue weighted by atomic mass is 10.0. The van der Waals surface area contributed by atoms with Crippen molar-refractivity contribution in [2.45, 2.75) is 64.3 Å². The van der Waals surface area contributed by atoms with E-state index in [1.165, 1.54) is 18.4 Å². The summed E-state index contributed by atoms with van der Waals surface area (Å²) in [5.41, 5.74) is 4.72. The Morgan fingerprint density at radius 1 is 1.23 bits per heavy atom. The highest BCUT2D eigenvalue weighted by Crippen LogP contribution is 2.44. The second-order valence-electron chi connectivity index (χ2n) is 9.77. The maximum Gasteiger partial charge on any atom is 0.255 e. The van der Waals surface area contributed by atoms with Gasteiger partial charge in [-0.2, -0.15) is 4.31 Å². The second-order valence-corrected chi connectivity index (χ2v) is 10.7. The van der Waals surface area contributed by atoms with Gasteiger partial charge in [-0.05, 0) is 61.1 Å². The molecule has 3 aromatic rings. The maximum atomic E-state index is 13.0. The minimum Gasteiger partial charge on any atom is -0.437 e. The van der Waals surface area contributed by atoms with Crippen LogP contribution in [0.25, 0.3) is 22.4 Å². The molecule has 0 radical (unpaired) electrons. The Labute approximate surface area is 208 Å². The third-order valence-corrected chi connectivity index (χ3v) is 7.91. The zero-order valence-electron chi connectivity index (χ0n) is 20.4. The number of furan rings is 1. The summed E-state index contributed by atoms with van der Waals surface area (Å²) in [5.74, 6) is 1.44. The quantitative estimate of drug-likeness (QED) is 0.346. The summed E-state index contributed by atoms with van der Waals surface area (Å²) in [6.45, 7) is 2.94. The van der Waals surface area contributed by atoms with Crippen LogP contribution in [0.2, 0.25) is 0 Å². The van der Waals surface area contributed by atoms with Gasteiger partial charge in [-0.3, -0.25) is 9.35 Å². The molecule has 2 aromatic heterocycles. The molecule has 1 unspecified atom stereocenters. The number of rotatable bonds is 11. The van der Waals surface area contributed by atoms with Crippen molar-refractivity contribution >= 4 is 28.3 Å². The molecule has 0 aliphatic heterocycles. The molecule has 1 atom stereocenters. The molecule has 2 aliphatic carbocycles. The molecule has 2 fully saturated rings. The van der Waals surface area contributed by atoms with Crippen LogP contribution in [0.3, 0.4) is 0 Å². The molecule has 186 valence electrons. The van der Waals surface area contributed by atoms with E-state index in [0.29, 0.717) is 34.9 Å². The highest BCUT2D eigenvalue weighted by atomic mass is 32.2. The van der Waals surface area contributed by atoms with Gasteiger partial charge >= 0.3 is 0 Å². The molecule has 5 rings (SSSR count). The molecule has 35 heavy (non-hydrogen) atoms. The average molecular weight is 496 g/mol. The molecular weight excluding hydrogens is 462 g/mol. The van der Waals surface area contributed by atoms with Crippen molar-refractivity contribution < 1.29 is 18.0 Å². The minimum atomic E-state index is -2.08. The summed E-state index contributed by atoms with van der Waals surface area (Å²) >= 11 is -2.08. The van der Waals surface area contributed by atoms with E-state index >= 15 is 0 Å². The Morgan fingerprint density at radius 3 is 2.57 bits per heavy atom. The molecule has 2 aliphatic rings. The molecule has 7 nitrogen and oxygen atoms in total. The Hall–Kier alpha value is -2.55. The lowest BCUT2D eigenvalue weighted by Crippen LogP contribution is -2.27. The monoisotopic (exact) mass is 495 g/mol. The van der Waals surface area contributed by atoms with Crippen LogP contribution in [0.4, 0.5) is 0 Å². The lowest BCUT2D eigenvalue weighted by Gasteiger charge is -2.19. The fraction of sp³-hybridized carbons (Fsp3) is 0.481. The predicted molar refractivity (Wildman–Crippen MR) is 137 cm³/mol. The highest BCUT2D eigenvalue weighted by molar-refractivity contribution is 7.76. The van der Waals surface area contributed by atoms with Crippen molar-refractivity contribution in [3.05, 3.63) is 52.7 Å². The van der Waals surface area contributed by atoms with Gasteiger partial charge in [0.25, 0.3) is 5.91 Å². The lowest BCUT2D eigenvalue weighted by molar-refractivity contribution is 0.0964. The van der Waals surface area contributed by atoms with E-state index in [4.69, 9.17) is 9.40 Å². The van der Waals surface area contributed by atoms with E-state index in [1.807, 2.05) is 30.3 Å². The molecule has 8 heteroatoms. The molecule has 0 saturated heterocycles. The van der Waals surface area contributed by atoms with E-state index in [0.717, 1.165) is 54.8 Å². The SMILES string of the molecule is CCc1ccc(-c2oc3nc(CN(CCCC4CC4)S(=O)O)c(C4CC4)cc3c2C(=O)NC)cc1. The summed E-state index contributed by atoms with van der Waals surface area (Å²) in [4.78, 5) is 17.8. The standard InChI is InChI=1S/C27H33N3O4S/c1-3-17-8-10-20(11-9-17)25-24(26(31)28-2)22-15-21(19-12-13-19)23(29-27(22)34-25)16-30(35(32)33)14-4-5-18-6-7-18/h8-11,15,18-19H,3-7,12-14,16H2,1-2H3,(H,28,31)(H,32,33). The minimum absolute atomic E-state index is 0.215. The van der Waals surface area contributed by atoms with Crippen molar-refractivity contribution in [3.8, 4) is 11.3 Å². The maximum absolute atomic E-state index is 13.0. The van der Waals surface area contributed by atoms with Crippen LogP contribution in [0.1, 0.15) is 78.5 Å². The first-order valence-electron chi connectivity index (χ1n) is 12.6. The summed E-state index contributed by atoms with van der Waals surface area (Å²) in [5, 5.41) is 3.44. The summed E-state index contributed by atoms with van der Waals surface area (Å²) in [6, 6.07) is 10.1. The third-order valence-electron chi connectivity index (χ3n) is 7.15. The number of nitrogens with zero attached hydrogens (tertiary/aromatic N) is 2. The van der Waals surface area contributed by atoms with Crippen LogP contribution < -0.4 is 5.32 Å². The normalized spacial score (nSPS) is 16.7. The smallest absolute Gasteiger partial charge is 0.255 e. The number of aromatic nitrogens is 1. The zero-order valence-corrected chi connectivity index (χ0v) is 21.2. The number of hydrogen-bond donors (Lipinski definition) is 2. The zero-order chi connectivity index (χ0) is 24.5. The van der Waals surface area contributed by atoms with Crippen LogP contribution in [-0.2, 0) is 24.2 Å². The Bertz CT molecular complexity index is 1250. The summed E-state index contributed by atoms with van der Waals surface area (Å²) < 4.78 is 29.9. The number of nitrogens with one attached hydrogen (secondary N) is 1. The molecule has 0 bridgehead atoms. The van der Waals surface area contributed by atoms with Crippen molar-refractivity contribution in [3.63, 3.8) is 0 Å². The van der Waals surface area contributed by atoms with Gasteiger partial charge in [0.05, 0.1) is 23.2 Å². The van der Waals surface area contributed by atoms with Crippen molar-refractivity contribution in [1.29, 1.82) is 0 Å². The van der Waals surface area contributed by atoms with Gasteiger partial charge in [0.15, 0.2) is 0 Å². The summed E-state index contributed by atoms with van der Waals surface area (Å²) in [6.07, 6.45) is 7.61. The van der Waals surface area contributed by atoms with Crippen LogP contribution in [-0.4, -0.2) is 37.6 Å². The molecule has 1 amide bonds. The fourth-order valence-corrected chi connectivity index (χ4v) is 5.26. The molecule has 2 heterocycles. The van der Waals surface area contributed by atoms with E-state index in [2.05, 4.69) is 12.2 Å². The van der Waals surface area contributed by atoms with Crippen molar-refractivity contribution in [2.24, 2.45) is 5.92 Å². The number of hydrogen-bond acceptors (Lipinski definition) is 4. The van der Waals surface area contributed by atoms with Gasteiger partial charge in [-0.1, -0.05) is 44.0 Å². The molecule has 1 aromatic carbocycles. The number of fused-ring (bicyclic) bond motifs is 1. The number of carbonyl (C=O) groups excluding carboxylic acids is 1. The second kappa shape index (κ2) is 10.2. The first-order chi connectivity index (χ1) is 17.0. The van der Waals surface area contributed by atoms with Crippen molar-refractivity contribution in [2.75, 3.05) is 13.6 Å². The van der Waals surface area contributed by atoms with E-state index in [9.17, 15) is 13.6 Å². The van der Waals surface area contributed by atoms with Gasteiger partial charge in [0.1, 0.15) is 5.76 Å². The topological polar surface area (TPSA) is 95.7 Å². The van der Waals surface area contributed by atoms with E-state index in [1.54, 1.807) is 11.4 Å². The Morgan fingerprint density at radius 2 is 1.97 bits per heavy atom. The highest BCUT2D eigenvalue weighted by Gasteiger charge is 2.31. The van der Waals surface area contributed by atoms with Gasteiger partial charge in [0.2, 0.25) is 17.0 Å². The van der Waals surface area contributed by atoms with Gasteiger partial charge in [0, 0.05) is 19.2 Å². The average Bonchev–Trinajstić information content (AvgIpc) is 3.80. The van der Waals surface area contributed by atoms with Gasteiger partial charge in [-0.25, -0.2) is 9.19 Å². The predicted octanol–water partition coefficient (Wildman–Crippen LogP) is 5.42. The number of amides is 1. The molecular formula is C27H33N3O4S.